The zero-order chi connectivity index (χ0) is 48.6. The summed E-state index contributed by atoms with van der Waals surface area (Å²) in [6.07, 6.45) is 3.72. The van der Waals surface area contributed by atoms with Gasteiger partial charge in [0.15, 0.2) is 11.5 Å². The predicted molar refractivity (Wildman–Crippen MR) is 282 cm³/mol. The van der Waals surface area contributed by atoms with Gasteiger partial charge in [0.2, 0.25) is 0 Å². The monoisotopic (exact) mass is 1000 g/mol. The summed E-state index contributed by atoms with van der Waals surface area (Å²) in [5, 5.41) is 3.58. The fraction of sp³-hybridized carbons (Fsp3) is 0.214. The lowest BCUT2D eigenvalue weighted by atomic mass is 10.1. The van der Waals surface area contributed by atoms with Crippen LogP contribution >= 0.6 is 15.9 Å². The maximum absolute atomic E-state index is 5.80. The molecule has 2 aromatic heterocycles. The van der Waals surface area contributed by atoms with Crippen molar-refractivity contribution in [2.45, 2.75) is 26.2 Å². The number of ether oxygens (including phenoxy) is 6. The highest BCUT2D eigenvalue weighted by atomic mass is 79.9. The summed E-state index contributed by atoms with van der Waals surface area (Å²) in [6, 6.07) is 47.3. The molecule has 3 heterocycles. The summed E-state index contributed by atoms with van der Waals surface area (Å²) in [6.45, 7) is 3.99. The second-order valence-electron chi connectivity index (χ2n) is 17.0. The maximum Gasteiger partial charge on any atom is 0.163 e. The molecule has 14 heteroatoms. The number of hydrogen-bond donors (Lipinski definition) is 1. The van der Waals surface area contributed by atoms with Crippen molar-refractivity contribution in [2.24, 2.45) is 14.1 Å². The third-order valence-corrected chi connectivity index (χ3v) is 12.7. The molecule has 0 amide bonds. The van der Waals surface area contributed by atoms with E-state index < -0.39 is 0 Å². The van der Waals surface area contributed by atoms with Crippen molar-refractivity contribution in [1.29, 1.82) is 0 Å². The van der Waals surface area contributed by atoms with E-state index in [0.29, 0.717) is 26.3 Å². The molecule has 0 aliphatic carbocycles. The molecule has 0 saturated heterocycles. The van der Waals surface area contributed by atoms with Crippen LogP contribution in [-0.4, -0.2) is 60.8 Å². The molecule has 1 aliphatic rings. The number of aryl methyl sites for hydroxylation is 2. The maximum atomic E-state index is 5.80. The van der Waals surface area contributed by atoms with Gasteiger partial charge in [0, 0.05) is 62.2 Å². The molecule has 0 unspecified atom stereocenters. The van der Waals surface area contributed by atoms with Gasteiger partial charge in [0.25, 0.3) is 0 Å². The summed E-state index contributed by atoms with van der Waals surface area (Å²) in [7, 11) is 10.8. The Bertz CT molecular complexity index is 3080. The van der Waals surface area contributed by atoms with Crippen LogP contribution in [-0.2, 0) is 40.3 Å². The van der Waals surface area contributed by atoms with Crippen LogP contribution in [0.5, 0.6) is 34.5 Å². The van der Waals surface area contributed by atoms with Gasteiger partial charge in [0.1, 0.15) is 47.2 Å². The lowest BCUT2D eigenvalue weighted by Gasteiger charge is -2.27. The first-order chi connectivity index (χ1) is 34.2. The second-order valence-corrected chi connectivity index (χ2v) is 17.9. The minimum Gasteiger partial charge on any atom is -0.497 e. The molecule has 0 fully saturated rings. The molecule has 358 valence electrons. The lowest BCUT2D eigenvalue weighted by Crippen LogP contribution is -2.22. The number of aromatic nitrogens is 4. The molecule has 13 nitrogen and oxygen atoms in total. The zero-order valence-corrected chi connectivity index (χ0v) is 41.8. The van der Waals surface area contributed by atoms with E-state index in [1.54, 1.807) is 28.4 Å². The van der Waals surface area contributed by atoms with Crippen molar-refractivity contribution in [3.05, 3.63) is 179 Å². The van der Waals surface area contributed by atoms with Gasteiger partial charge in [-0.15, -0.1) is 0 Å². The summed E-state index contributed by atoms with van der Waals surface area (Å²) in [5.41, 5.74) is 12.8. The molecule has 0 bridgehead atoms. The fourth-order valence-electron chi connectivity index (χ4n) is 8.49. The van der Waals surface area contributed by atoms with Gasteiger partial charge in [-0.3, -0.25) is 0 Å². The predicted octanol–water partition coefficient (Wildman–Crippen LogP) is 11.9. The number of benzene rings is 7. The molecule has 1 aliphatic heterocycles. The third-order valence-electron chi connectivity index (χ3n) is 12.2. The fourth-order valence-corrected chi connectivity index (χ4v) is 8.92. The van der Waals surface area contributed by atoms with E-state index in [2.05, 4.69) is 109 Å². The SMILES string of the molecule is COc1ccc(CN(Cc2ccc(OC)cc2)c2cc(Br)cc3c2ncn3C)cc1.COc1ccc(CN(Cc2ccc(OC)cc2)c2cc(Nc3ccc4c(c3)OCCO4)cc3c2ncn3C)cc1. The first-order valence-corrected chi connectivity index (χ1v) is 23.7. The number of imidazole rings is 2. The molecule has 0 atom stereocenters. The number of halogens is 1. The molecule has 1 N–H and O–H groups in total. The number of nitrogens with zero attached hydrogens (tertiary/aromatic N) is 6. The highest BCUT2D eigenvalue weighted by molar-refractivity contribution is 9.10. The van der Waals surface area contributed by atoms with Gasteiger partial charge in [-0.05, 0) is 107 Å². The van der Waals surface area contributed by atoms with Crippen LogP contribution in [0.15, 0.2) is 157 Å². The van der Waals surface area contributed by atoms with Crippen LogP contribution in [0, 0.1) is 0 Å². The minimum absolute atomic E-state index is 0.549. The van der Waals surface area contributed by atoms with Crippen LogP contribution in [0.2, 0.25) is 0 Å². The zero-order valence-electron chi connectivity index (χ0n) is 40.2. The smallest absolute Gasteiger partial charge is 0.163 e. The third kappa shape index (κ3) is 11.0. The quantitative estimate of drug-likeness (QED) is 0.0999. The van der Waals surface area contributed by atoms with Crippen LogP contribution in [0.4, 0.5) is 22.7 Å². The molecule has 9 aromatic rings. The van der Waals surface area contributed by atoms with E-state index in [4.69, 9.17) is 33.4 Å². The van der Waals surface area contributed by atoms with Gasteiger partial charge in [-0.25, -0.2) is 9.97 Å². The number of nitrogens with one attached hydrogen (secondary N) is 1. The number of methoxy groups -OCH3 is 4. The van der Waals surface area contributed by atoms with Crippen LogP contribution in [0.1, 0.15) is 22.3 Å². The molecule has 0 saturated carbocycles. The summed E-state index contributed by atoms with van der Waals surface area (Å²) < 4.78 is 38.0. The van der Waals surface area contributed by atoms with Crippen molar-refractivity contribution in [3.8, 4) is 34.5 Å². The first-order valence-electron chi connectivity index (χ1n) is 22.9. The number of hydrogen-bond acceptors (Lipinski definition) is 11. The largest absolute Gasteiger partial charge is 0.497 e. The normalized spacial score (nSPS) is 11.7. The highest BCUT2D eigenvalue weighted by Gasteiger charge is 2.20. The number of fused-ring (bicyclic) bond motifs is 3. The molecule has 7 aromatic carbocycles. The van der Waals surface area contributed by atoms with Gasteiger partial charge < -0.3 is 52.7 Å². The number of rotatable bonds is 16. The van der Waals surface area contributed by atoms with E-state index in [-0.39, 0.29) is 0 Å². The van der Waals surface area contributed by atoms with Crippen LogP contribution < -0.4 is 43.5 Å². The van der Waals surface area contributed by atoms with Crippen molar-refractivity contribution in [3.63, 3.8) is 0 Å². The summed E-state index contributed by atoms with van der Waals surface area (Å²) >= 11 is 3.68. The van der Waals surface area contributed by atoms with Crippen molar-refractivity contribution in [1.82, 2.24) is 19.1 Å². The van der Waals surface area contributed by atoms with Crippen molar-refractivity contribution < 1.29 is 28.4 Å². The molecule has 70 heavy (non-hydrogen) atoms. The Hall–Kier alpha value is -7.84. The molecule has 10 rings (SSSR count). The van der Waals surface area contributed by atoms with Gasteiger partial charge in [-0.1, -0.05) is 64.5 Å². The molecular formula is C56H56BrN7O6. The van der Waals surface area contributed by atoms with Gasteiger partial charge >= 0.3 is 0 Å². The Morgan fingerprint density at radius 2 is 0.886 bits per heavy atom. The van der Waals surface area contributed by atoms with E-state index >= 15 is 0 Å². The van der Waals surface area contributed by atoms with Gasteiger partial charge in [-0.2, -0.15) is 0 Å². The summed E-state index contributed by atoms with van der Waals surface area (Å²) in [4.78, 5) is 14.2. The van der Waals surface area contributed by atoms with Crippen molar-refractivity contribution in [2.75, 3.05) is 56.8 Å². The number of anilines is 4. The first kappa shape index (κ1) is 47.2. The Labute approximate surface area is 416 Å². The standard InChI is InChI=1S/C32H32N4O4.C24H24BrN3O2/c1-35-21-33-32-28(35)16-25(34-24-8-13-30-31(18-24)40-15-14-39-30)17-29(32)36(19-22-4-9-26(37-2)10-5-22)20-23-6-11-27(38-3)12-7-23;1-27-16-26-24-22(27)12-19(25)13-23(24)28(14-17-4-8-20(29-2)9-5-17)15-18-6-10-21(30-3)11-7-18/h4-13,16-18,21,34H,14-15,19-20H2,1-3H3;4-13,16H,14-15H2,1-3H3. The van der Waals surface area contributed by atoms with E-state index in [0.717, 1.165) is 96.9 Å². The van der Waals surface area contributed by atoms with Gasteiger partial charge in [0.05, 0.1) is 63.5 Å². The Kier molecular flexibility index (Phi) is 14.6. The van der Waals surface area contributed by atoms with E-state index in [1.165, 1.54) is 22.3 Å². The molecule has 0 radical (unpaired) electrons. The summed E-state index contributed by atoms with van der Waals surface area (Å²) in [5.74, 6) is 4.90. The van der Waals surface area contributed by atoms with Crippen LogP contribution in [0.25, 0.3) is 22.1 Å². The van der Waals surface area contributed by atoms with E-state index in [1.807, 2.05) is 103 Å². The lowest BCUT2D eigenvalue weighted by molar-refractivity contribution is 0.171. The minimum atomic E-state index is 0.549. The molecular weight excluding hydrogens is 947 g/mol. The molecule has 0 spiro atoms. The average Bonchev–Trinajstić information content (AvgIpc) is 3.97. The van der Waals surface area contributed by atoms with Crippen LogP contribution in [0.3, 0.4) is 0 Å². The topological polar surface area (TPSA) is 110 Å². The Morgan fingerprint density at radius 3 is 1.31 bits per heavy atom. The Morgan fingerprint density at radius 1 is 0.486 bits per heavy atom. The van der Waals surface area contributed by atoms with E-state index in [9.17, 15) is 0 Å². The average molecular weight is 1000 g/mol. The Balaban J connectivity index is 0.000000181. The van der Waals surface area contributed by atoms with Crippen molar-refractivity contribution >= 4 is 60.7 Å². The second kappa shape index (κ2) is 21.6. The highest BCUT2D eigenvalue weighted by Crippen LogP contribution is 2.38.